The summed E-state index contributed by atoms with van der Waals surface area (Å²) in [5.74, 6) is 1.84. The fourth-order valence-corrected chi connectivity index (χ4v) is 4.15. The number of methoxy groups -OCH3 is 1. The van der Waals surface area contributed by atoms with Crippen molar-refractivity contribution < 1.29 is 28.5 Å². The Morgan fingerprint density at radius 1 is 1.15 bits per heavy atom. The van der Waals surface area contributed by atoms with Gasteiger partial charge in [0.15, 0.2) is 11.5 Å². The maximum atomic E-state index is 13.4. The molecule has 2 heterocycles. The Morgan fingerprint density at radius 3 is 2.73 bits per heavy atom. The summed E-state index contributed by atoms with van der Waals surface area (Å²) in [6, 6.07) is 12.4. The first-order chi connectivity index (χ1) is 16.0. The van der Waals surface area contributed by atoms with Crippen molar-refractivity contribution in [3.63, 3.8) is 0 Å². The van der Waals surface area contributed by atoms with Crippen molar-refractivity contribution in [1.29, 1.82) is 0 Å². The van der Waals surface area contributed by atoms with E-state index in [2.05, 4.69) is 13.8 Å². The van der Waals surface area contributed by atoms with Gasteiger partial charge in [-0.2, -0.15) is 0 Å². The van der Waals surface area contributed by atoms with E-state index in [9.17, 15) is 9.59 Å². The molecule has 0 radical (unpaired) electrons. The van der Waals surface area contributed by atoms with Gasteiger partial charge in [0.1, 0.15) is 5.75 Å². The van der Waals surface area contributed by atoms with E-state index in [1.54, 1.807) is 47.2 Å². The van der Waals surface area contributed by atoms with Gasteiger partial charge in [0, 0.05) is 31.7 Å². The molecule has 176 valence electrons. The van der Waals surface area contributed by atoms with Crippen LogP contribution < -0.4 is 14.2 Å². The van der Waals surface area contributed by atoms with Gasteiger partial charge in [-0.1, -0.05) is 26.0 Å². The molecule has 0 aromatic heterocycles. The number of ether oxygens (including phenoxy) is 4. The van der Waals surface area contributed by atoms with Crippen molar-refractivity contribution in [2.24, 2.45) is 5.92 Å². The highest BCUT2D eigenvalue weighted by Crippen LogP contribution is 2.33. The second-order valence-electron chi connectivity index (χ2n) is 8.62. The number of para-hydroxylation sites is 1. The third kappa shape index (κ3) is 5.22. The molecular formula is C25H30N2O6. The molecule has 2 aromatic rings. The molecule has 2 aromatic carbocycles. The van der Waals surface area contributed by atoms with Crippen LogP contribution in [0.4, 0.5) is 0 Å². The summed E-state index contributed by atoms with van der Waals surface area (Å²) in [5, 5.41) is 0. The molecular weight excluding hydrogens is 424 g/mol. The molecule has 2 amide bonds. The van der Waals surface area contributed by atoms with Crippen molar-refractivity contribution >= 4 is 11.8 Å². The van der Waals surface area contributed by atoms with E-state index in [1.807, 2.05) is 12.1 Å². The number of morpholine rings is 1. The first-order valence-electron chi connectivity index (χ1n) is 11.2. The van der Waals surface area contributed by atoms with Gasteiger partial charge in [-0.15, -0.1) is 0 Å². The number of hydrogen-bond acceptors (Lipinski definition) is 6. The number of carbonyl (C=O) groups is 2. The zero-order chi connectivity index (χ0) is 23.4. The van der Waals surface area contributed by atoms with E-state index < -0.39 is 0 Å². The number of carbonyl (C=O) groups excluding carboxylic acids is 2. The average Bonchev–Trinajstić information content (AvgIpc) is 3.30. The Labute approximate surface area is 194 Å². The molecule has 0 aliphatic carbocycles. The average molecular weight is 455 g/mol. The molecule has 1 atom stereocenters. The van der Waals surface area contributed by atoms with Gasteiger partial charge in [0.05, 0.1) is 25.4 Å². The van der Waals surface area contributed by atoms with Crippen LogP contribution >= 0.6 is 0 Å². The minimum Gasteiger partial charge on any atom is -0.496 e. The summed E-state index contributed by atoms with van der Waals surface area (Å²) in [6.45, 7) is 6.58. The normalized spacial score (nSPS) is 17.2. The highest BCUT2D eigenvalue weighted by atomic mass is 16.7. The minimum absolute atomic E-state index is 0.0984. The monoisotopic (exact) mass is 454 g/mol. The number of hydrogen-bond donors (Lipinski definition) is 0. The lowest BCUT2D eigenvalue weighted by Crippen LogP contribution is -2.51. The van der Waals surface area contributed by atoms with E-state index in [4.69, 9.17) is 18.9 Å². The number of amides is 2. The Bertz CT molecular complexity index is 1010. The second kappa shape index (κ2) is 10.1. The van der Waals surface area contributed by atoms with Crippen molar-refractivity contribution in [2.45, 2.75) is 20.0 Å². The first kappa shape index (κ1) is 22.9. The molecule has 1 unspecified atom stereocenters. The van der Waals surface area contributed by atoms with E-state index >= 15 is 0 Å². The smallest absolute Gasteiger partial charge is 0.257 e. The van der Waals surface area contributed by atoms with Gasteiger partial charge >= 0.3 is 0 Å². The topological polar surface area (TPSA) is 77.5 Å². The molecule has 0 bridgehead atoms. The van der Waals surface area contributed by atoms with Crippen molar-refractivity contribution in [1.82, 2.24) is 9.80 Å². The summed E-state index contributed by atoms with van der Waals surface area (Å²) >= 11 is 0. The fraction of sp³-hybridized carbons (Fsp3) is 0.440. The van der Waals surface area contributed by atoms with Crippen molar-refractivity contribution in [2.75, 3.05) is 46.7 Å². The van der Waals surface area contributed by atoms with Crippen molar-refractivity contribution in [3.05, 3.63) is 53.6 Å². The molecule has 33 heavy (non-hydrogen) atoms. The van der Waals surface area contributed by atoms with Crippen LogP contribution in [-0.4, -0.2) is 74.4 Å². The molecule has 4 rings (SSSR count). The van der Waals surface area contributed by atoms with Gasteiger partial charge in [0.2, 0.25) is 6.79 Å². The summed E-state index contributed by atoms with van der Waals surface area (Å²) in [6.07, 6.45) is -0.283. The Morgan fingerprint density at radius 2 is 1.94 bits per heavy atom. The lowest BCUT2D eigenvalue weighted by atomic mass is 10.1. The van der Waals surface area contributed by atoms with Gasteiger partial charge in [0.25, 0.3) is 11.8 Å². The molecule has 1 saturated heterocycles. The highest BCUT2D eigenvalue weighted by Gasteiger charge is 2.30. The maximum absolute atomic E-state index is 13.4. The van der Waals surface area contributed by atoms with E-state index in [0.717, 1.165) is 0 Å². The summed E-state index contributed by atoms with van der Waals surface area (Å²) in [5.41, 5.74) is 1.06. The zero-order valence-electron chi connectivity index (χ0n) is 19.3. The first-order valence-corrected chi connectivity index (χ1v) is 11.2. The number of benzene rings is 2. The van der Waals surface area contributed by atoms with Crippen molar-refractivity contribution in [3.8, 4) is 17.2 Å². The molecule has 0 spiro atoms. The second-order valence-corrected chi connectivity index (χ2v) is 8.62. The number of rotatable bonds is 7. The third-order valence-corrected chi connectivity index (χ3v) is 5.68. The van der Waals surface area contributed by atoms with Crippen LogP contribution in [-0.2, 0) is 4.74 Å². The van der Waals surface area contributed by atoms with E-state index in [1.165, 1.54) is 0 Å². The summed E-state index contributed by atoms with van der Waals surface area (Å²) < 4.78 is 22.1. The number of nitrogens with zero attached hydrogens (tertiary/aromatic N) is 2. The van der Waals surface area contributed by atoms with Crippen LogP contribution in [0.25, 0.3) is 0 Å². The van der Waals surface area contributed by atoms with Gasteiger partial charge in [-0.25, -0.2) is 0 Å². The predicted molar refractivity (Wildman–Crippen MR) is 122 cm³/mol. The van der Waals surface area contributed by atoms with Crippen LogP contribution in [0.2, 0.25) is 0 Å². The quantitative estimate of drug-likeness (QED) is 0.640. The standard InChI is InChI=1S/C25H30N2O6/c1-17(2)13-27(24(28)18-8-9-22-23(12-18)33-16-32-22)15-19-14-26(10-11-31-19)25(29)20-6-4-5-7-21(20)30-3/h4-9,12,17,19H,10-11,13-16H2,1-3H3. The van der Waals surface area contributed by atoms with Crippen LogP contribution in [0.5, 0.6) is 17.2 Å². The molecule has 8 heteroatoms. The molecule has 2 aliphatic rings. The molecule has 0 N–H and O–H groups in total. The molecule has 2 aliphatic heterocycles. The predicted octanol–water partition coefficient (Wildman–Crippen LogP) is 3.06. The van der Waals surface area contributed by atoms with Gasteiger partial charge in [-0.3, -0.25) is 9.59 Å². The van der Waals surface area contributed by atoms with E-state index in [0.29, 0.717) is 61.2 Å². The Balaban J connectivity index is 1.47. The van der Waals surface area contributed by atoms with Gasteiger partial charge < -0.3 is 28.7 Å². The van der Waals surface area contributed by atoms with E-state index in [-0.39, 0.29) is 30.6 Å². The lowest BCUT2D eigenvalue weighted by molar-refractivity contribution is -0.0340. The molecule has 8 nitrogen and oxygen atoms in total. The van der Waals surface area contributed by atoms with Gasteiger partial charge in [-0.05, 0) is 36.2 Å². The fourth-order valence-electron chi connectivity index (χ4n) is 4.15. The Hall–Kier alpha value is -3.26. The minimum atomic E-state index is -0.283. The number of fused-ring (bicyclic) bond motifs is 1. The molecule has 1 fully saturated rings. The largest absolute Gasteiger partial charge is 0.496 e. The van der Waals surface area contributed by atoms with Crippen LogP contribution in [0.15, 0.2) is 42.5 Å². The Kier molecular flexibility index (Phi) is 7.03. The maximum Gasteiger partial charge on any atom is 0.257 e. The molecule has 0 saturated carbocycles. The third-order valence-electron chi connectivity index (χ3n) is 5.68. The van der Waals surface area contributed by atoms with Crippen LogP contribution in [0.3, 0.4) is 0 Å². The summed E-state index contributed by atoms with van der Waals surface area (Å²) in [4.78, 5) is 30.1. The lowest BCUT2D eigenvalue weighted by Gasteiger charge is -2.36. The van der Waals surface area contributed by atoms with Crippen LogP contribution in [0, 0.1) is 5.92 Å². The van der Waals surface area contributed by atoms with Crippen LogP contribution in [0.1, 0.15) is 34.6 Å². The zero-order valence-corrected chi connectivity index (χ0v) is 19.3. The summed E-state index contributed by atoms with van der Waals surface area (Å²) in [7, 11) is 1.56. The highest BCUT2D eigenvalue weighted by molar-refractivity contribution is 5.97. The SMILES string of the molecule is COc1ccccc1C(=O)N1CCOC(CN(CC(C)C)C(=O)c2ccc3c(c2)OCO3)C1.